The fourth-order valence-corrected chi connectivity index (χ4v) is 2.51. The van der Waals surface area contributed by atoms with Gasteiger partial charge in [0.05, 0.1) is 24.0 Å². The first-order valence-corrected chi connectivity index (χ1v) is 7.26. The summed E-state index contributed by atoms with van der Waals surface area (Å²) in [5.74, 6) is -0.535. The van der Waals surface area contributed by atoms with Gasteiger partial charge in [0.15, 0.2) is 5.65 Å². The van der Waals surface area contributed by atoms with E-state index in [0.29, 0.717) is 11.2 Å². The Kier molecular flexibility index (Phi) is 3.12. The molecule has 0 aliphatic heterocycles. The first kappa shape index (κ1) is 14.1. The Labute approximate surface area is 134 Å². The molecular formula is C15H12N6O3. The van der Waals surface area contributed by atoms with Crippen molar-refractivity contribution in [3.05, 3.63) is 46.4 Å². The number of nitrogens with zero attached hydrogens (tertiary/aromatic N) is 4. The van der Waals surface area contributed by atoms with Gasteiger partial charge in [-0.1, -0.05) is 11.3 Å². The number of nitrogens with one attached hydrogen (secondary N) is 2. The van der Waals surface area contributed by atoms with Crippen LogP contribution in [0.1, 0.15) is 17.3 Å². The van der Waals surface area contributed by atoms with Crippen LogP contribution < -0.4 is 5.56 Å². The second kappa shape index (κ2) is 5.30. The van der Waals surface area contributed by atoms with Crippen LogP contribution in [0.15, 0.2) is 35.3 Å². The van der Waals surface area contributed by atoms with Gasteiger partial charge in [-0.3, -0.25) is 9.89 Å². The molecule has 3 aromatic heterocycles. The van der Waals surface area contributed by atoms with Crippen LogP contribution in [0.3, 0.4) is 0 Å². The predicted octanol–water partition coefficient (Wildman–Crippen LogP) is 1.14. The highest BCUT2D eigenvalue weighted by atomic mass is 16.5. The summed E-state index contributed by atoms with van der Waals surface area (Å²) >= 11 is 0. The van der Waals surface area contributed by atoms with E-state index in [1.165, 1.54) is 12.3 Å². The van der Waals surface area contributed by atoms with Crippen molar-refractivity contribution in [3.63, 3.8) is 0 Å². The summed E-state index contributed by atoms with van der Waals surface area (Å²) in [6.45, 7) is 1.95. The molecule has 2 N–H and O–H groups in total. The molecule has 0 bridgehead atoms. The molecule has 3 heterocycles. The van der Waals surface area contributed by atoms with Gasteiger partial charge in [-0.2, -0.15) is 9.61 Å². The molecule has 4 rings (SSSR count). The SMILES string of the molecule is CCOC(=O)c1cnn2c(=O)cc(-c3ccc4[nH]nnc4c3)[nH]c12. The molecule has 0 atom stereocenters. The molecule has 24 heavy (non-hydrogen) atoms. The number of esters is 1. The van der Waals surface area contributed by atoms with Gasteiger partial charge in [-0.15, -0.1) is 5.10 Å². The summed E-state index contributed by atoms with van der Waals surface area (Å²) < 4.78 is 6.12. The molecule has 0 aliphatic carbocycles. The molecular weight excluding hydrogens is 312 g/mol. The first-order chi connectivity index (χ1) is 11.7. The van der Waals surface area contributed by atoms with E-state index in [2.05, 4.69) is 25.5 Å². The molecule has 0 radical (unpaired) electrons. The number of rotatable bonds is 3. The van der Waals surface area contributed by atoms with Crippen LogP contribution in [0, 0.1) is 0 Å². The Morgan fingerprint density at radius 2 is 2.21 bits per heavy atom. The zero-order valence-corrected chi connectivity index (χ0v) is 12.6. The zero-order chi connectivity index (χ0) is 16.7. The normalized spacial score (nSPS) is 11.2. The van der Waals surface area contributed by atoms with E-state index in [9.17, 15) is 9.59 Å². The smallest absolute Gasteiger partial charge is 0.343 e. The standard InChI is InChI=1S/C15H12N6O3/c1-2-24-15(23)9-7-16-21-13(22)6-11(17-14(9)21)8-3-4-10-12(5-8)19-20-18-10/h3-7,17H,2H2,1H3,(H,18,19,20). The lowest BCUT2D eigenvalue weighted by molar-refractivity contribution is 0.0528. The van der Waals surface area contributed by atoms with Crippen molar-refractivity contribution in [2.45, 2.75) is 6.92 Å². The van der Waals surface area contributed by atoms with Crippen LogP contribution in [0.4, 0.5) is 0 Å². The lowest BCUT2D eigenvalue weighted by atomic mass is 10.1. The molecule has 0 aliphatic rings. The number of fused-ring (bicyclic) bond motifs is 2. The van der Waals surface area contributed by atoms with Gasteiger partial charge in [0, 0.05) is 11.6 Å². The molecule has 0 saturated heterocycles. The predicted molar refractivity (Wildman–Crippen MR) is 84.7 cm³/mol. The first-order valence-electron chi connectivity index (χ1n) is 7.26. The van der Waals surface area contributed by atoms with Crippen molar-refractivity contribution < 1.29 is 9.53 Å². The minimum atomic E-state index is -0.535. The highest BCUT2D eigenvalue weighted by Crippen LogP contribution is 2.21. The summed E-state index contributed by atoms with van der Waals surface area (Å²) in [5.41, 5.74) is 2.89. The van der Waals surface area contributed by atoms with Gasteiger partial charge in [0.1, 0.15) is 11.1 Å². The van der Waals surface area contributed by atoms with E-state index >= 15 is 0 Å². The fraction of sp³-hybridized carbons (Fsp3) is 0.133. The van der Waals surface area contributed by atoms with Crippen molar-refractivity contribution in [3.8, 4) is 11.3 Å². The third kappa shape index (κ3) is 2.14. The van der Waals surface area contributed by atoms with Gasteiger partial charge in [-0.05, 0) is 19.1 Å². The Balaban J connectivity index is 1.91. The lowest BCUT2D eigenvalue weighted by Gasteiger charge is -2.04. The largest absolute Gasteiger partial charge is 0.462 e. The molecule has 0 saturated carbocycles. The Bertz CT molecular complexity index is 1120. The number of benzene rings is 1. The van der Waals surface area contributed by atoms with Crippen LogP contribution in [-0.2, 0) is 4.74 Å². The molecule has 9 heteroatoms. The van der Waals surface area contributed by atoms with E-state index < -0.39 is 5.97 Å². The van der Waals surface area contributed by atoms with Crippen LogP contribution in [0.25, 0.3) is 27.9 Å². The quantitative estimate of drug-likeness (QED) is 0.546. The van der Waals surface area contributed by atoms with Crippen molar-refractivity contribution in [2.75, 3.05) is 6.61 Å². The van der Waals surface area contributed by atoms with Crippen molar-refractivity contribution in [1.82, 2.24) is 30.0 Å². The number of hydrogen-bond acceptors (Lipinski definition) is 6. The fourth-order valence-electron chi connectivity index (χ4n) is 2.51. The van der Waals surface area contributed by atoms with Crippen molar-refractivity contribution in [1.29, 1.82) is 0 Å². The molecule has 9 nitrogen and oxygen atoms in total. The number of aromatic amines is 2. The molecule has 0 amide bonds. The van der Waals surface area contributed by atoms with Crippen LogP contribution in [0.2, 0.25) is 0 Å². The average Bonchev–Trinajstić information content (AvgIpc) is 3.21. The molecule has 1 aromatic carbocycles. The van der Waals surface area contributed by atoms with Crippen LogP contribution in [-0.4, -0.2) is 42.6 Å². The minimum absolute atomic E-state index is 0.207. The van der Waals surface area contributed by atoms with Gasteiger partial charge in [-0.25, -0.2) is 4.79 Å². The van der Waals surface area contributed by atoms with E-state index in [4.69, 9.17) is 4.74 Å². The van der Waals surface area contributed by atoms with E-state index in [1.54, 1.807) is 13.0 Å². The third-order valence-corrected chi connectivity index (χ3v) is 3.63. The highest BCUT2D eigenvalue weighted by Gasteiger charge is 2.17. The van der Waals surface area contributed by atoms with E-state index in [1.807, 2.05) is 12.1 Å². The Morgan fingerprint density at radius 3 is 3.04 bits per heavy atom. The number of carbonyl (C=O) groups is 1. The minimum Gasteiger partial charge on any atom is -0.462 e. The topological polar surface area (TPSA) is 118 Å². The van der Waals surface area contributed by atoms with E-state index in [0.717, 1.165) is 15.6 Å². The average molecular weight is 324 g/mol. The summed E-state index contributed by atoms with van der Waals surface area (Å²) in [6, 6.07) is 6.84. The van der Waals surface area contributed by atoms with Crippen molar-refractivity contribution in [2.24, 2.45) is 0 Å². The second-order valence-electron chi connectivity index (χ2n) is 5.10. The third-order valence-electron chi connectivity index (χ3n) is 3.63. The number of ether oxygens (including phenoxy) is 1. The van der Waals surface area contributed by atoms with Gasteiger partial charge in [0.2, 0.25) is 0 Å². The zero-order valence-electron chi connectivity index (χ0n) is 12.6. The number of aromatic nitrogens is 6. The number of hydrogen-bond donors (Lipinski definition) is 2. The van der Waals surface area contributed by atoms with Gasteiger partial charge in [0.25, 0.3) is 5.56 Å². The maximum Gasteiger partial charge on any atom is 0.343 e. The maximum atomic E-state index is 12.3. The number of carbonyl (C=O) groups excluding carboxylic acids is 1. The summed E-state index contributed by atoms with van der Waals surface area (Å²) in [5, 5.41) is 14.4. The van der Waals surface area contributed by atoms with Gasteiger partial charge >= 0.3 is 5.97 Å². The monoisotopic (exact) mass is 324 g/mol. The Hall–Kier alpha value is -3.49. The number of H-pyrrole nitrogens is 2. The second-order valence-corrected chi connectivity index (χ2v) is 5.10. The highest BCUT2D eigenvalue weighted by molar-refractivity contribution is 5.95. The molecule has 120 valence electrons. The van der Waals surface area contributed by atoms with Crippen molar-refractivity contribution >= 4 is 22.6 Å². The Morgan fingerprint density at radius 1 is 1.33 bits per heavy atom. The summed E-state index contributed by atoms with van der Waals surface area (Å²) in [7, 11) is 0. The summed E-state index contributed by atoms with van der Waals surface area (Å²) in [6.07, 6.45) is 1.32. The van der Waals surface area contributed by atoms with Crippen LogP contribution in [0.5, 0.6) is 0 Å². The summed E-state index contributed by atoms with van der Waals surface area (Å²) in [4.78, 5) is 27.3. The van der Waals surface area contributed by atoms with E-state index in [-0.39, 0.29) is 23.4 Å². The molecule has 0 fully saturated rings. The molecule has 0 unspecified atom stereocenters. The molecule has 0 spiro atoms. The molecule has 4 aromatic rings. The van der Waals surface area contributed by atoms with Crippen LogP contribution >= 0.6 is 0 Å². The lowest BCUT2D eigenvalue weighted by Crippen LogP contribution is -2.15. The maximum absolute atomic E-state index is 12.3. The van der Waals surface area contributed by atoms with Gasteiger partial charge < -0.3 is 9.72 Å².